The molecule has 1 fully saturated rings. The molecule has 0 aromatic carbocycles. The number of hydrogen-bond acceptors (Lipinski definition) is 3. The zero-order valence-corrected chi connectivity index (χ0v) is 15.1. The molecule has 27 heavy (non-hydrogen) atoms. The number of carbonyl (C=O) groups is 2. The highest BCUT2D eigenvalue weighted by atomic mass is 35.5. The van der Waals surface area contributed by atoms with E-state index in [9.17, 15) is 22.8 Å². The van der Waals surface area contributed by atoms with Crippen LogP contribution >= 0.6 is 11.6 Å². The first-order valence-electron chi connectivity index (χ1n) is 8.43. The Morgan fingerprint density at radius 1 is 1.33 bits per heavy atom. The molecule has 0 unspecified atom stereocenters. The van der Waals surface area contributed by atoms with Crippen LogP contribution in [0.1, 0.15) is 41.5 Å². The van der Waals surface area contributed by atoms with Crippen molar-refractivity contribution in [3.8, 4) is 0 Å². The Balaban J connectivity index is 2.03. The number of aromatic nitrogens is 2. The van der Waals surface area contributed by atoms with Crippen LogP contribution in [-0.2, 0) is 17.4 Å². The first-order valence-corrected chi connectivity index (χ1v) is 8.81. The molecule has 0 spiro atoms. The predicted molar refractivity (Wildman–Crippen MR) is 90.8 cm³/mol. The summed E-state index contributed by atoms with van der Waals surface area (Å²) in [5.41, 5.74) is -0.500. The fourth-order valence-corrected chi connectivity index (χ4v) is 3.51. The molecule has 2 aromatic rings. The number of carboxylic acid groups (broad SMARTS) is 1. The Kier molecular flexibility index (Phi) is 5.07. The van der Waals surface area contributed by atoms with Crippen molar-refractivity contribution in [2.24, 2.45) is 5.92 Å². The number of carbonyl (C=O) groups excluding carboxylic acids is 1. The first-order chi connectivity index (χ1) is 12.6. The molecule has 1 amide bonds. The van der Waals surface area contributed by atoms with Gasteiger partial charge in [-0.25, -0.2) is 4.98 Å². The summed E-state index contributed by atoms with van der Waals surface area (Å²) >= 11 is 5.98. The van der Waals surface area contributed by atoms with Gasteiger partial charge in [-0.05, 0) is 25.3 Å². The standard InChI is InChI=1S/C17H17ClF3N3O3/c1-2-12-13(15(25)23-5-3-9(4-6-23)16(26)27)24-8-10(17(19,20)21)7-11(18)14(24)22-12/h7-9H,2-6H2,1H3,(H,26,27). The van der Waals surface area contributed by atoms with Crippen LogP contribution in [0.15, 0.2) is 12.3 Å². The van der Waals surface area contributed by atoms with Gasteiger partial charge < -0.3 is 10.0 Å². The van der Waals surface area contributed by atoms with Crippen LogP contribution in [0.4, 0.5) is 13.2 Å². The average molecular weight is 404 g/mol. The summed E-state index contributed by atoms with van der Waals surface area (Å²) in [5, 5.41) is 8.88. The van der Waals surface area contributed by atoms with E-state index in [1.807, 2.05) is 0 Å². The van der Waals surface area contributed by atoms with Crippen LogP contribution in [0.2, 0.25) is 5.02 Å². The smallest absolute Gasteiger partial charge is 0.417 e. The summed E-state index contributed by atoms with van der Waals surface area (Å²) < 4.78 is 40.5. The average Bonchev–Trinajstić information content (AvgIpc) is 2.99. The number of aliphatic carboxylic acids is 1. The highest BCUT2D eigenvalue weighted by Gasteiger charge is 2.34. The van der Waals surface area contributed by atoms with E-state index in [4.69, 9.17) is 16.7 Å². The van der Waals surface area contributed by atoms with Gasteiger partial charge in [0.1, 0.15) is 5.69 Å². The quantitative estimate of drug-likeness (QED) is 0.851. The van der Waals surface area contributed by atoms with Gasteiger partial charge in [0.25, 0.3) is 5.91 Å². The fourth-order valence-electron chi connectivity index (χ4n) is 3.26. The van der Waals surface area contributed by atoms with Gasteiger partial charge in [-0.2, -0.15) is 13.2 Å². The van der Waals surface area contributed by atoms with Crippen molar-refractivity contribution in [2.75, 3.05) is 13.1 Å². The maximum Gasteiger partial charge on any atom is 0.417 e. The number of piperidine rings is 1. The fraction of sp³-hybridized carbons (Fsp3) is 0.471. The van der Waals surface area contributed by atoms with Crippen LogP contribution in [0.5, 0.6) is 0 Å². The third-order valence-corrected chi connectivity index (χ3v) is 5.02. The Morgan fingerprint density at radius 3 is 2.48 bits per heavy atom. The van der Waals surface area contributed by atoms with Crippen LogP contribution < -0.4 is 0 Å². The Labute approximate surface area is 157 Å². The van der Waals surface area contributed by atoms with E-state index in [1.165, 1.54) is 4.90 Å². The second kappa shape index (κ2) is 7.03. The predicted octanol–water partition coefficient (Wildman–Crippen LogP) is 3.51. The topological polar surface area (TPSA) is 74.9 Å². The SMILES string of the molecule is CCc1nc2c(Cl)cc(C(F)(F)F)cn2c1C(=O)N1CCC(C(=O)O)CC1. The molecular formula is C17H17ClF3N3O3. The normalized spacial score (nSPS) is 16.1. The van der Waals surface area contributed by atoms with Crippen LogP contribution in [0.3, 0.4) is 0 Å². The zero-order chi connectivity index (χ0) is 19.9. The second-order valence-corrected chi connectivity index (χ2v) is 6.84. The molecule has 2 aromatic heterocycles. The van der Waals surface area contributed by atoms with E-state index < -0.39 is 29.5 Å². The summed E-state index contributed by atoms with van der Waals surface area (Å²) in [5.74, 6) is -1.90. The molecule has 0 aliphatic carbocycles. The van der Waals surface area contributed by atoms with E-state index in [1.54, 1.807) is 6.92 Å². The van der Waals surface area contributed by atoms with Gasteiger partial charge >= 0.3 is 12.1 Å². The van der Waals surface area contributed by atoms with E-state index in [0.29, 0.717) is 25.0 Å². The van der Waals surface area contributed by atoms with Crippen molar-refractivity contribution in [2.45, 2.75) is 32.4 Å². The lowest BCUT2D eigenvalue weighted by atomic mass is 9.97. The van der Waals surface area contributed by atoms with Gasteiger partial charge in [0.15, 0.2) is 5.65 Å². The molecule has 0 saturated carbocycles. The number of pyridine rings is 1. The highest BCUT2D eigenvalue weighted by Crippen LogP contribution is 2.33. The molecule has 146 valence electrons. The van der Waals surface area contributed by atoms with Crippen molar-refractivity contribution < 1.29 is 27.9 Å². The van der Waals surface area contributed by atoms with Crippen molar-refractivity contribution >= 4 is 29.1 Å². The number of likely N-dealkylation sites (tertiary alicyclic amines) is 1. The molecule has 1 N–H and O–H groups in total. The van der Waals surface area contributed by atoms with Gasteiger partial charge in [0.05, 0.1) is 22.2 Å². The molecule has 1 aliphatic rings. The maximum atomic E-state index is 13.1. The molecule has 0 bridgehead atoms. The summed E-state index contributed by atoms with van der Waals surface area (Å²) in [6.07, 6.45) is -2.85. The van der Waals surface area contributed by atoms with Crippen LogP contribution in [0, 0.1) is 5.92 Å². The molecular weight excluding hydrogens is 387 g/mol. The summed E-state index contributed by atoms with van der Waals surface area (Å²) in [6.45, 7) is 2.19. The van der Waals surface area contributed by atoms with E-state index >= 15 is 0 Å². The Hall–Kier alpha value is -2.29. The number of fused-ring (bicyclic) bond motifs is 1. The number of rotatable bonds is 3. The van der Waals surface area contributed by atoms with Crippen molar-refractivity contribution in [3.63, 3.8) is 0 Å². The number of hydrogen-bond donors (Lipinski definition) is 1. The largest absolute Gasteiger partial charge is 0.481 e. The van der Waals surface area contributed by atoms with E-state index in [2.05, 4.69) is 4.98 Å². The summed E-state index contributed by atoms with van der Waals surface area (Å²) in [4.78, 5) is 29.8. The number of halogens is 4. The third-order valence-electron chi connectivity index (χ3n) is 4.74. The van der Waals surface area contributed by atoms with Gasteiger partial charge in [-0.15, -0.1) is 0 Å². The van der Waals surface area contributed by atoms with Gasteiger partial charge in [0, 0.05) is 19.3 Å². The maximum absolute atomic E-state index is 13.1. The van der Waals surface area contributed by atoms with E-state index in [-0.39, 0.29) is 29.5 Å². The number of nitrogens with zero attached hydrogens (tertiary/aromatic N) is 3. The minimum Gasteiger partial charge on any atom is -0.481 e. The molecule has 6 nitrogen and oxygen atoms in total. The third kappa shape index (κ3) is 3.60. The highest BCUT2D eigenvalue weighted by molar-refractivity contribution is 6.33. The van der Waals surface area contributed by atoms with Gasteiger partial charge in [-0.1, -0.05) is 18.5 Å². The molecule has 0 atom stereocenters. The first kappa shape index (κ1) is 19.5. The van der Waals surface area contributed by atoms with Crippen molar-refractivity contribution in [3.05, 3.63) is 34.2 Å². The number of carboxylic acids is 1. The number of aryl methyl sites for hydroxylation is 1. The molecule has 1 aliphatic heterocycles. The number of amides is 1. The molecule has 3 rings (SSSR count). The van der Waals surface area contributed by atoms with Crippen molar-refractivity contribution in [1.82, 2.24) is 14.3 Å². The lowest BCUT2D eigenvalue weighted by Crippen LogP contribution is -2.41. The van der Waals surface area contributed by atoms with Crippen LogP contribution in [0.25, 0.3) is 5.65 Å². The van der Waals surface area contributed by atoms with E-state index in [0.717, 1.165) is 16.7 Å². The lowest BCUT2D eigenvalue weighted by molar-refractivity contribution is -0.143. The zero-order valence-electron chi connectivity index (χ0n) is 14.4. The Morgan fingerprint density at radius 2 is 1.96 bits per heavy atom. The van der Waals surface area contributed by atoms with Crippen molar-refractivity contribution in [1.29, 1.82) is 0 Å². The molecule has 0 radical (unpaired) electrons. The van der Waals surface area contributed by atoms with Crippen LogP contribution in [-0.4, -0.2) is 44.4 Å². The van der Waals surface area contributed by atoms with Gasteiger partial charge in [-0.3, -0.25) is 14.0 Å². The Bertz CT molecular complexity index is 902. The number of imidazole rings is 1. The minimum atomic E-state index is -4.62. The monoisotopic (exact) mass is 403 g/mol. The molecule has 1 saturated heterocycles. The lowest BCUT2D eigenvalue weighted by Gasteiger charge is -2.30. The van der Waals surface area contributed by atoms with Gasteiger partial charge in [0.2, 0.25) is 0 Å². The summed E-state index contributed by atoms with van der Waals surface area (Å²) in [7, 11) is 0. The second-order valence-electron chi connectivity index (χ2n) is 6.43. The number of alkyl halides is 3. The molecule has 3 heterocycles. The minimum absolute atomic E-state index is 0.0364. The summed E-state index contributed by atoms with van der Waals surface area (Å²) in [6, 6.07) is 0.788. The molecule has 10 heteroatoms.